The third kappa shape index (κ3) is 7.45. The number of aromatic nitrogens is 5. The number of furan rings is 1. The molecule has 0 spiro atoms. The fourth-order valence-corrected chi connectivity index (χ4v) is 5.48. The van der Waals surface area contributed by atoms with E-state index in [2.05, 4.69) is 19.4 Å². The van der Waals surface area contributed by atoms with E-state index < -0.39 is 11.9 Å². The number of carboxylic acid groups (broad SMARTS) is 2. The molecule has 0 bridgehead atoms. The first-order valence-electron chi connectivity index (χ1n) is 14.4. The maximum atomic E-state index is 13.0. The summed E-state index contributed by atoms with van der Waals surface area (Å²) in [4.78, 5) is 48.7. The molecule has 0 unspecified atom stereocenters. The van der Waals surface area contributed by atoms with Gasteiger partial charge in [0.15, 0.2) is 5.65 Å². The highest BCUT2D eigenvalue weighted by atomic mass is 16.4. The number of imidazole rings is 1. The van der Waals surface area contributed by atoms with E-state index in [1.807, 2.05) is 66.2 Å². The summed E-state index contributed by atoms with van der Waals surface area (Å²) in [5, 5.41) is 16.3. The third-order valence-corrected chi connectivity index (χ3v) is 7.72. The average molecular weight is 599 g/mol. The van der Waals surface area contributed by atoms with Crippen LogP contribution in [-0.4, -0.2) is 70.8 Å². The number of benzene rings is 1. The van der Waals surface area contributed by atoms with Gasteiger partial charge in [0.1, 0.15) is 22.9 Å². The van der Waals surface area contributed by atoms with Crippen molar-refractivity contribution < 1.29 is 24.2 Å². The number of rotatable bonds is 9. The molecule has 1 aliphatic heterocycles. The second kappa shape index (κ2) is 13.9. The number of aliphatic carboxylic acids is 2. The minimum atomic E-state index is -1.26. The molecule has 6 rings (SSSR count). The summed E-state index contributed by atoms with van der Waals surface area (Å²) < 4.78 is 9.62. The van der Waals surface area contributed by atoms with Crippen LogP contribution in [-0.2, 0) is 29.1 Å². The quantitative estimate of drug-likeness (QED) is 0.240. The SMILES string of the molecule is Cc1nc2ccccc2c(=O)n1CCN1CCC(Cc2nc3cccnc3n2Cc2ccco2)CC1.O=C(O)/C=C/C(=O)O. The number of nitrogens with zero attached hydrogens (tertiary/aromatic N) is 6. The number of carboxylic acids is 2. The molecule has 12 heteroatoms. The smallest absolute Gasteiger partial charge is 0.328 e. The molecule has 44 heavy (non-hydrogen) atoms. The van der Waals surface area contributed by atoms with Gasteiger partial charge in [-0.15, -0.1) is 0 Å². The number of hydrogen-bond acceptors (Lipinski definition) is 8. The number of likely N-dealkylation sites (tertiary alicyclic amines) is 1. The Hall–Kier alpha value is -5.10. The van der Waals surface area contributed by atoms with Gasteiger partial charge in [0.2, 0.25) is 0 Å². The number of pyridine rings is 1. The molecule has 12 nitrogen and oxygen atoms in total. The van der Waals surface area contributed by atoms with Crippen LogP contribution in [0.5, 0.6) is 0 Å². The fourth-order valence-electron chi connectivity index (χ4n) is 5.48. The van der Waals surface area contributed by atoms with Gasteiger partial charge in [0.05, 0.1) is 23.7 Å². The van der Waals surface area contributed by atoms with Crippen molar-refractivity contribution in [3.63, 3.8) is 0 Å². The van der Waals surface area contributed by atoms with E-state index in [0.29, 0.717) is 36.5 Å². The van der Waals surface area contributed by atoms with Crippen molar-refractivity contribution in [2.24, 2.45) is 5.92 Å². The topological polar surface area (TPSA) is 157 Å². The lowest BCUT2D eigenvalue weighted by Crippen LogP contribution is -2.38. The van der Waals surface area contributed by atoms with Crippen molar-refractivity contribution in [2.45, 2.75) is 39.3 Å². The summed E-state index contributed by atoms with van der Waals surface area (Å²) in [5.41, 5.74) is 2.66. The van der Waals surface area contributed by atoms with Crippen LogP contribution in [0.15, 0.2) is 82.4 Å². The Morgan fingerprint density at radius 1 is 0.932 bits per heavy atom. The van der Waals surface area contributed by atoms with Crippen molar-refractivity contribution in [1.29, 1.82) is 0 Å². The zero-order valence-electron chi connectivity index (χ0n) is 24.4. The summed E-state index contributed by atoms with van der Waals surface area (Å²) in [6, 6.07) is 15.5. The summed E-state index contributed by atoms with van der Waals surface area (Å²) in [6.45, 7) is 6.13. The Morgan fingerprint density at radius 2 is 1.66 bits per heavy atom. The minimum Gasteiger partial charge on any atom is -0.478 e. The molecule has 5 heterocycles. The number of para-hydroxylation sites is 1. The van der Waals surface area contributed by atoms with Gasteiger partial charge in [0.25, 0.3) is 5.56 Å². The zero-order valence-corrected chi connectivity index (χ0v) is 24.4. The average Bonchev–Trinajstić information content (AvgIpc) is 3.65. The minimum absolute atomic E-state index is 0.0528. The predicted octanol–water partition coefficient (Wildman–Crippen LogP) is 3.76. The molecule has 1 aromatic carbocycles. The van der Waals surface area contributed by atoms with Crippen LogP contribution in [0.2, 0.25) is 0 Å². The summed E-state index contributed by atoms with van der Waals surface area (Å²) in [7, 11) is 0. The van der Waals surface area contributed by atoms with Gasteiger partial charge in [-0.3, -0.25) is 9.36 Å². The number of hydrogen-bond donors (Lipinski definition) is 2. The van der Waals surface area contributed by atoms with E-state index in [-0.39, 0.29) is 5.56 Å². The van der Waals surface area contributed by atoms with E-state index >= 15 is 0 Å². The van der Waals surface area contributed by atoms with Crippen molar-refractivity contribution in [3.8, 4) is 0 Å². The molecular weight excluding hydrogens is 564 g/mol. The van der Waals surface area contributed by atoms with Gasteiger partial charge < -0.3 is 24.1 Å². The molecule has 0 radical (unpaired) electrons. The summed E-state index contributed by atoms with van der Waals surface area (Å²) >= 11 is 0. The van der Waals surface area contributed by atoms with E-state index in [0.717, 1.165) is 73.0 Å². The molecule has 4 aromatic heterocycles. The Bertz CT molecular complexity index is 1820. The molecular formula is C32H34N6O6. The lowest BCUT2D eigenvalue weighted by Gasteiger charge is -2.32. The van der Waals surface area contributed by atoms with Crippen LogP contribution in [0.25, 0.3) is 22.1 Å². The number of piperidine rings is 1. The molecule has 1 aliphatic rings. The first-order chi connectivity index (χ1) is 21.3. The van der Waals surface area contributed by atoms with Gasteiger partial charge >= 0.3 is 11.9 Å². The summed E-state index contributed by atoms with van der Waals surface area (Å²) in [5.74, 6) is 0.811. The first-order valence-corrected chi connectivity index (χ1v) is 14.4. The number of aryl methyl sites for hydroxylation is 1. The van der Waals surface area contributed by atoms with Gasteiger partial charge in [-0.2, -0.15) is 0 Å². The van der Waals surface area contributed by atoms with Crippen LogP contribution in [0.3, 0.4) is 0 Å². The predicted molar refractivity (Wildman–Crippen MR) is 163 cm³/mol. The van der Waals surface area contributed by atoms with Crippen molar-refractivity contribution in [2.75, 3.05) is 19.6 Å². The molecule has 2 N–H and O–H groups in total. The van der Waals surface area contributed by atoms with E-state index in [1.165, 1.54) is 0 Å². The Kier molecular flexibility index (Phi) is 9.60. The Balaban J connectivity index is 0.000000426. The second-order valence-electron chi connectivity index (χ2n) is 10.7. The largest absolute Gasteiger partial charge is 0.478 e. The molecule has 0 aliphatic carbocycles. The standard InChI is InChI=1S/C28H30N6O2.C4H4O4/c1-20-30-24-8-3-2-7-23(24)28(35)33(20)16-15-32-13-10-21(11-14-32)18-26-31-25-9-4-12-29-27(25)34(26)19-22-6-5-17-36-22;5-3(6)1-2-4(7)8/h2-9,12,17,21H,10-11,13-16,18-19H2,1H3;1-2H,(H,5,6)(H,7,8)/b;2-1+. The molecule has 5 aromatic rings. The Labute approximate surface area is 252 Å². The van der Waals surface area contributed by atoms with Crippen molar-refractivity contribution >= 4 is 34.0 Å². The first kappa shape index (κ1) is 30.4. The molecule has 1 saturated heterocycles. The highest BCUT2D eigenvalue weighted by molar-refractivity contribution is 5.89. The van der Waals surface area contributed by atoms with E-state index in [9.17, 15) is 14.4 Å². The molecule has 0 amide bonds. The van der Waals surface area contributed by atoms with Crippen LogP contribution < -0.4 is 5.56 Å². The molecule has 0 saturated carbocycles. The lowest BCUT2D eigenvalue weighted by atomic mass is 9.93. The third-order valence-electron chi connectivity index (χ3n) is 7.72. The molecule has 228 valence electrons. The van der Waals surface area contributed by atoms with Crippen molar-refractivity contribution in [3.05, 3.63) is 101 Å². The van der Waals surface area contributed by atoms with Crippen LogP contribution in [0.4, 0.5) is 0 Å². The molecule has 0 atom stereocenters. The normalized spacial score (nSPS) is 14.2. The lowest BCUT2D eigenvalue weighted by molar-refractivity contribution is -0.134. The maximum absolute atomic E-state index is 13.0. The van der Waals surface area contributed by atoms with Crippen LogP contribution in [0, 0.1) is 12.8 Å². The van der Waals surface area contributed by atoms with E-state index in [1.54, 1.807) is 6.26 Å². The fraction of sp³-hybridized carbons (Fsp3) is 0.312. The number of fused-ring (bicyclic) bond motifs is 2. The highest BCUT2D eigenvalue weighted by Gasteiger charge is 2.23. The Morgan fingerprint density at radius 3 is 2.36 bits per heavy atom. The molecule has 1 fully saturated rings. The van der Waals surface area contributed by atoms with Crippen LogP contribution >= 0.6 is 0 Å². The zero-order chi connectivity index (χ0) is 31.1. The second-order valence-corrected chi connectivity index (χ2v) is 10.7. The van der Waals surface area contributed by atoms with Gasteiger partial charge in [-0.05, 0) is 75.2 Å². The maximum Gasteiger partial charge on any atom is 0.328 e. The van der Waals surface area contributed by atoms with Gasteiger partial charge in [0, 0.05) is 37.9 Å². The number of carbonyl (C=O) groups is 2. The highest BCUT2D eigenvalue weighted by Crippen LogP contribution is 2.24. The van der Waals surface area contributed by atoms with Gasteiger partial charge in [-0.1, -0.05) is 12.1 Å². The summed E-state index contributed by atoms with van der Waals surface area (Å²) in [6.07, 6.45) is 7.80. The van der Waals surface area contributed by atoms with E-state index in [4.69, 9.17) is 19.6 Å². The van der Waals surface area contributed by atoms with Crippen molar-refractivity contribution in [1.82, 2.24) is 29.0 Å². The monoisotopic (exact) mass is 598 g/mol. The van der Waals surface area contributed by atoms with Crippen LogP contribution in [0.1, 0.15) is 30.3 Å². The van der Waals surface area contributed by atoms with Gasteiger partial charge in [-0.25, -0.2) is 24.5 Å².